The van der Waals surface area contributed by atoms with E-state index in [1.807, 2.05) is 37.3 Å². The highest BCUT2D eigenvalue weighted by molar-refractivity contribution is 7.20. The van der Waals surface area contributed by atoms with Crippen molar-refractivity contribution in [3.8, 4) is 10.4 Å². The molecule has 3 aromatic rings. The standard InChI is InChI=1S/C24H25N3O4S/c1-14-13-15(2)25-21(28)18(14)22(29)26-23-19(24(30)27-9-11-31-12-10-27)16(3)20(32-23)17-7-5-4-6-8-17/h4-8,13H,9-12H2,1-3H3,(H,25,28)(H,26,29). The van der Waals surface area contributed by atoms with E-state index >= 15 is 0 Å². The molecule has 166 valence electrons. The number of ether oxygens (including phenoxy) is 1. The number of benzene rings is 1. The molecule has 3 heterocycles. The van der Waals surface area contributed by atoms with Gasteiger partial charge in [0.1, 0.15) is 10.6 Å². The van der Waals surface area contributed by atoms with Crippen LogP contribution in [0.5, 0.6) is 0 Å². The molecule has 0 aliphatic carbocycles. The molecule has 0 spiro atoms. The molecule has 1 aliphatic rings. The fourth-order valence-corrected chi connectivity index (χ4v) is 5.15. The lowest BCUT2D eigenvalue weighted by Gasteiger charge is -2.27. The molecule has 1 saturated heterocycles. The Morgan fingerprint density at radius 2 is 1.75 bits per heavy atom. The van der Waals surface area contributed by atoms with Gasteiger partial charge in [0, 0.05) is 23.7 Å². The van der Waals surface area contributed by atoms with E-state index in [1.165, 1.54) is 11.3 Å². The number of aromatic amines is 1. The third-order valence-corrected chi connectivity index (χ3v) is 6.77. The van der Waals surface area contributed by atoms with Crippen LogP contribution in [-0.4, -0.2) is 48.0 Å². The number of amides is 2. The van der Waals surface area contributed by atoms with Crippen LogP contribution in [0.25, 0.3) is 10.4 Å². The second kappa shape index (κ2) is 9.10. The Morgan fingerprint density at radius 3 is 2.41 bits per heavy atom. The third-order valence-electron chi connectivity index (χ3n) is 5.51. The van der Waals surface area contributed by atoms with E-state index in [1.54, 1.807) is 24.8 Å². The normalized spacial score (nSPS) is 13.8. The average molecular weight is 452 g/mol. The van der Waals surface area contributed by atoms with Gasteiger partial charge in [-0.2, -0.15) is 0 Å². The minimum absolute atomic E-state index is 0.0488. The van der Waals surface area contributed by atoms with Gasteiger partial charge in [0.25, 0.3) is 17.4 Å². The summed E-state index contributed by atoms with van der Waals surface area (Å²) in [6, 6.07) is 11.5. The van der Waals surface area contributed by atoms with Gasteiger partial charge in [0.15, 0.2) is 0 Å². The maximum Gasteiger partial charge on any atom is 0.262 e. The van der Waals surface area contributed by atoms with Gasteiger partial charge in [-0.05, 0) is 43.5 Å². The molecule has 2 N–H and O–H groups in total. The number of H-pyrrole nitrogens is 1. The number of hydrogen-bond acceptors (Lipinski definition) is 5. The van der Waals surface area contributed by atoms with E-state index in [4.69, 9.17) is 4.74 Å². The first kappa shape index (κ1) is 22.0. The van der Waals surface area contributed by atoms with E-state index in [0.717, 1.165) is 16.0 Å². The lowest BCUT2D eigenvalue weighted by molar-refractivity contribution is 0.0303. The lowest BCUT2D eigenvalue weighted by Crippen LogP contribution is -2.41. The quantitative estimate of drug-likeness (QED) is 0.632. The number of carbonyl (C=O) groups excluding carboxylic acids is 2. The van der Waals surface area contributed by atoms with Crippen LogP contribution in [0.4, 0.5) is 5.00 Å². The molecular weight excluding hydrogens is 426 g/mol. The predicted molar refractivity (Wildman–Crippen MR) is 126 cm³/mol. The van der Waals surface area contributed by atoms with Crippen molar-refractivity contribution in [3.05, 3.63) is 74.7 Å². The molecule has 0 saturated carbocycles. The molecule has 1 fully saturated rings. The number of nitrogens with one attached hydrogen (secondary N) is 2. The zero-order chi connectivity index (χ0) is 22.8. The number of thiophene rings is 1. The Bertz CT molecular complexity index is 1220. The van der Waals surface area contributed by atoms with Crippen molar-refractivity contribution in [1.29, 1.82) is 0 Å². The molecule has 8 heteroatoms. The topological polar surface area (TPSA) is 91.5 Å². The monoisotopic (exact) mass is 451 g/mol. The number of morpholine rings is 1. The van der Waals surface area contributed by atoms with Crippen molar-refractivity contribution in [2.75, 3.05) is 31.6 Å². The van der Waals surface area contributed by atoms with Crippen LogP contribution in [0.3, 0.4) is 0 Å². The fraction of sp³-hybridized carbons (Fsp3) is 0.292. The second-order valence-corrected chi connectivity index (χ2v) is 8.85. The van der Waals surface area contributed by atoms with E-state index in [0.29, 0.717) is 48.1 Å². The van der Waals surface area contributed by atoms with E-state index in [2.05, 4.69) is 10.3 Å². The van der Waals surface area contributed by atoms with Gasteiger partial charge in [-0.25, -0.2) is 0 Å². The summed E-state index contributed by atoms with van der Waals surface area (Å²) in [4.78, 5) is 44.3. The van der Waals surface area contributed by atoms with E-state index < -0.39 is 11.5 Å². The zero-order valence-electron chi connectivity index (χ0n) is 18.3. The van der Waals surface area contributed by atoms with Crippen molar-refractivity contribution in [2.24, 2.45) is 0 Å². The van der Waals surface area contributed by atoms with E-state index in [-0.39, 0.29) is 11.5 Å². The highest BCUT2D eigenvalue weighted by atomic mass is 32.1. The number of nitrogens with zero attached hydrogens (tertiary/aromatic N) is 1. The van der Waals surface area contributed by atoms with Gasteiger partial charge >= 0.3 is 0 Å². The van der Waals surface area contributed by atoms with Crippen molar-refractivity contribution in [1.82, 2.24) is 9.88 Å². The van der Waals surface area contributed by atoms with Crippen molar-refractivity contribution < 1.29 is 14.3 Å². The van der Waals surface area contributed by atoms with Crippen LogP contribution in [0, 0.1) is 20.8 Å². The number of carbonyl (C=O) groups is 2. The molecule has 1 aliphatic heterocycles. The largest absolute Gasteiger partial charge is 0.378 e. The molecule has 0 unspecified atom stereocenters. The maximum atomic E-state index is 13.4. The molecule has 32 heavy (non-hydrogen) atoms. The first-order valence-electron chi connectivity index (χ1n) is 10.4. The Morgan fingerprint density at radius 1 is 1.06 bits per heavy atom. The number of rotatable bonds is 4. The summed E-state index contributed by atoms with van der Waals surface area (Å²) in [5.74, 6) is -0.672. The summed E-state index contributed by atoms with van der Waals surface area (Å²) in [6.07, 6.45) is 0. The van der Waals surface area contributed by atoms with Crippen LogP contribution in [0.15, 0.2) is 41.2 Å². The first-order chi connectivity index (χ1) is 15.4. The van der Waals surface area contributed by atoms with Gasteiger partial charge in [-0.15, -0.1) is 11.3 Å². The zero-order valence-corrected chi connectivity index (χ0v) is 19.1. The Kier molecular flexibility index (Phi) is 6.25. The molecule has 0 bridgehead atoms. The molecular formula is C24H25N3O4S. The predicted octanol–water partition coefficient (Wildman–Crippen LogP) is 3.75. The van der Waals surface area contributed by atoms with Crippen molar-refractivity contribution in [3.63, 3.8) is 0 Å². The van der Waals surface area contributed by atoms with Crippen molar-refractivity contribution in [2.45, 2.75) is 20.8 Å². The summed E-state index contributed by atoms with van der Waals surface area (Å²) in [6.45, 7) is 7.36. The number of anilines is 1. The highest BCUT2D eigenvalue weighted by Crippen LogP contribution is 2.40. The van der Waals surface area contributed by atoms with Crippen LogP contribution in [0.2, 0.25) is 0 Å². The van der Waals surface area contributed by atoms with Crippen molar-refractivity contribution >= 4 is 28.2 Å². The Hall–Kier alpha value is -3.23. The SMILES string of the molecule is Cc1cc(C)c(C(=O)Nc2sc(-c3ccccc3)c(C)c2C(=O)N2CCOCC2)c(=O)[nH]1. The third kappa shape index (κ3) is 4.24. The highest BCUT2D eigenvalue weighted by Gasteiger charge is 2.28. The molecule has 0 atom stereocenters. The van der Waals surface area contributed by atoms with Crippen LogP contribution in [-0.2, 0) is 4.74 Å². The summed E-state index contributed by atoms with van der Waals surface area (Å²) in [7, 11) is 0. The molecule has 1 aromatic carbocycles. The summed E-state index contributed by atoms with van der Waals surface area (Å²) in [5, 5.41) is 3.31. The van der Waals surface area contributed by atoms with Gasteiger partial charge < -0.3 is 19.9 Å². The minimum Gasteiger partial charge on any atom is -0.378 e. The second-order valence-electron chi connectivity index (χ2n) is 7.82. The van der Waals surface area contributed by atoms with Crippen LogP contribution < -0.4 is 10.9 Å². The summed E-state index contributed by atoms with van der Waals surface area (Å²) >= 11 is 1.35. The minimum atomic E-state index is -0.527. The lowest BCUT2D eigenvalue weighted by atomic mass is 10.1. The van der Waals surface area contributed by atoms with Gasteiger partial charge in [0.2, 0.25) is 0 Å². The molecule has 7 nitrogen and oxygen atoms in total. The fourth-order valence-electron chi connectivity index (χ4n) is 3.95. The van der Waals surface area contributed by atoms with E-state index in [9.17, 15) is 14.4 Å². The van der Waals surface area contributed by atoms with Gasteiger partial charge in [-0.3, -0.25) is 14.4 Å². The molecule has 4 rings (SSSR count). The number of aromatic nitrogens is 1. The molecule has 2 amide bonds. The molecule has 0 radical (unpaired) electrons. The summed E-state index contributed by atoms with van der Waals surface area (Å²) < 4.78 is 5.38. The Labute approximate surface area is 190 Å². The number of pyridine rings is 1. The summed E-state index contributed by atoms with van der Waals surface area (Å²) in [5.41, 5.74) is 3.11. The molecule has 2 aromatic heterocycles. The maximum absolute atomic E-state index is 13.4. The first-order valence-corrected chi connectivity index (χ1v) is 11.3. The number of hydrogen-bond donors (Lipinski definition) is 2. The van der Waals surface area contributed by atoms with Gasteiger partial charge in [-0.1, -0.05) is 30.3 Å². The number of aryl methyl sites for hydroxylation is 2. The Balaban J connectivity index is 1.77. The van der Waals surface area contributed by atoms with Gasteiger partial charge in [0.05, 0.1) is 18.8 Å². The van der Waals surface area contributed by atoms with Crippen LogP contribution in [0.1, 0.15) is 37.5 Å². The smallest absolute Gasteiger partial charge is 0.262 e. The average Bonchev–Trinajstić information content (AvgIpc) is 3.09. The van der Waals surface area contributed by atoms with Crippen LogP contribution >= 0.6 is 11.3 Å².